The summed E-state index contributed by atoms with van der Waals surface area (Å²) >= 11 is 7.51. The molecule has 0 atom stereocenters. The third-order valence-corrected chi connectivity index (χ3v) is 5.31. The summed E-state index contributed by atoms with van der Waals surface area (Å²) in [5, 5.41) is 15.5. The Bertz CT molecular complexity index is 1200. The number of hydrogen-bond donors (Lipinski definition) is 3. The number of carbonyl (C=O) groups is 1. The Hall–Kier alpha value is -3.16. The van der Waals surface area contributed by atoms with Crippen LogP contribution in [-0.4, -0.2) is 21.9 Å². The molecule has 3 aromatic rings. The van der Waals surface area contributed by atoms with Crippen LogP contribution in [0.15, 0.2) is 64.6 Å². The van der Waals surface area contributed by atoms with E-state index in [0.717, 1.165) is 22.2 Å². The zero-order chi connectivity index (χ0) is 20.4. The minimum atomic E-state index is -0.301. The number of anilines is 2. The van der Waals surface area contributed by atoms with Crippen molar-refractivity contribution in [3.63, 3.8) is 0 Å². The van der Waals surface area contributed by atoms with E-state index in [1.54, 1.807) is 31.3 Å². The van der Waals surface area contributed by atoms with E-state index in [2.05, 4.69) is 20.6 Å². The molecule has 8 heteroatoms. The number of rotatable bonds is 3. The summed E-state index contributed by atoms with van der Waals surface area (Å²) in [6.07, 6.45) is 3.57. The van der Waals surface area contributed by atoms with Gasteiger partial charge in [-0.25, -0.2) is 0 Å². The second-order valence-corrected chi connectivity index (χ2v) is 7.80. The van der Waals surface area contributed by atoms with Crippen molar-refractivity contribution in [1.82, 2.24) is 4.98 Å². The van der Waals surface area contributed by atoms with Crippen LogP contribution in [0.25, 0.3) is 17.0 Å². The van der Waals surface area contributed by atoms with Crippen LogP contribution in [0.5, 0.6) is 0 Å². The number of amides is 1. The van der Waals surface area contributed by atoms with Gasteiger partial charge in [-0.2, -0.15) is 4.99 Å². The number of aromatic nitrogens is 1. The predicted octanol–water partition coefficient (Wildman–Crippen LogP) is 5.38. The second kappa shape index (κ2) is 8.06. The molecule has 4 rings (SSSR count). The number of amidine groups is 2. The van der Waals surface area contributed by atoms with E-state index in [-0.39, 0.29) is 5.91 Å². The molecule has 0 radical (unpaired) electrons. The molecule has 1 aromatic heterocycles. The number of benzene rings is 2. The molecule has 0 saturated heterocycles. The maximum absolute atomic E-state index is 12.3. The molecule has 29 heavy (non-hydrogen) atoms. The van der Waals surface area contributed by atoms with Crippen molar-refractivity contribution in [3.05, 3.63) is 70.2 Å². The highest BCUT2D eigenvalue weighted by atomic mass is 35.5. The van der Waals surface area contributed by atoms with Gasteiger partial charge in [0, 0.05) is 17.3 Å². The molecule has 144 valence electrons. The van der Waals surface area contributed by atoms with Crippen LogP contribution < -0.4 is 10.6 Å². The third kappa shape index (κ3) is 4.47. The van der Waals surface area contributed by atoms with E-state index in [9.17, 15) is 4.79 Å². The summed E-state index contributed by atoms with van der Waals surface area (Å²) in [6.45, 7) is 1.65. The Labute approximate surface area is 176 Å². The fraction of sp³-hybridized carbons (Fsp3) is 0.0476. The molecule has 1 amide bonds. The largest absolute Gasteiger partial charge is 0.344 e. The van der Waals surface area contributed by atoms with Gasteiger partial charge in [-0.3, -0.25) is 15.2 Å². The average molecular weight is 422 g/mol. The highest BCUT2D eigenvalue weighted by molar-refractivity contribution is 8.18. The lowest BCUT2D eigenvalue weighted by atomic mass is 10.1. The van der Waals surface area contributed by atoms with Crippen LogP contribution in [0, 0.1) is 5.41 Å². The van der Waals surface area contributed by atoms with Crippen molar-refractivity contribution >= 4 is 68.6 Å². The lowest BCUT2D eigenvalue weighted by Gasteiger charge is -2.10. The number of pyridine rings is 1. The van der Waals surface area contributed by atoms with Crippen LogP contribution in [0.2, 0.25) is 5.02 Å². The maximum Gasteiger partial charge on any atom is 0.286 e. The summed E-state index contributed by atoms with van der Waals surface area (Å²) in [4.78, 5) is 21.3. The molecule has 0 saturated carbocycles. The van der Waals surface area contributed by atoms with Crippen LogP contribution >= 0.6 is 23.4 Å². The summed E-state index contributed by atoms with van der Waals surface area (Å²) in [6, 6.07) is 15.0. The molecule has 0 unspecified atom stereocenters. The molecular formula is C21H16ClN5OS. The maximum atomic E-state index is 12.3. The quantitative estimate of drug-likeness (QED) is 0.300. The number of fused-ring (bicyclic) bond motifs is 1. The van der Waals surface area contributed by atoms with E-state index in [1.165, 1.54) is 11.8 Å². The first-order valence-corrected chi connectivity index (χ1v) is 9.93. The van der Waals surface area contributed by atoms with E-state index in [0.29, 0.717) is 26.6 Å². The van der Waals surface area contributed by atoms with Gasteiger partial charge in [0.15, 0.2) is 5.17 Å². The van der Waals surface area contributed by atoms with E-state index < -0.39 is 0 Å². The van der Waals surface area contributed by atoms with Crippen LogP contribution in [0.4, 0.5) is 11.4 Å². The molecule has 0 aliphatic carbocycles. The van der Waals surface area contributed by atoms with Gasteiger partial charge in [0.05, 0.1) is 27.0 Å². The minimum absolute atomic E-state index is 0.301. The van der Waals surface area contributed by atoms with Gasteiger partial charge in [0.25, 0.3) is 5.91 Å². The van der Waals surface area contributed by atoms with Gasteiger partial charge in [0.2, 0.25) is 0 Å². The minimum Gasteiger partial charge on any atom is -0.344 e. The van der Waals surface area contributed by atoms with Crippen molar-refractivity contribution < 1.29 is 4.79 Å². The Balaban J connectivity index is 1.53. The predicted molar refractivity (Wildman–Crippen MR) is 122 cm³/mol. The molecular weight excluding hydrogens is 406 g/mol. The highest BCUT2D eigenvalue weighted by Gasteiger charge is 2.22. The van der Waals surface area contributed by atoms with Gasteiger partial charge < -0.3 is 10.6 Å². The fourth-order valence-corrected chi connectivity index (χ4v) is 3.82. The lowest BCUT2D eigenvalue weighted by Crippen LogP contribution is -2.08. The van der Waals surface area contributed by atoms with Gasteiger partial charge in [-0.1, -0.05) is 23.7 Å². The molecule has 0 fully saturated rings. The topological polar surface area (TPSA) is 90.2 Å². The standard InChI is InChI=1S/C21H16ClN5OS/c1-12(23)25-15-5-6-16(22)18(11-15)26-21-27-20(28)19(29-21)10-13-4-7-17-14(9-13)3-2-8-24-17/h2-11H,1H3,(H2,23,25)(H,26,27,28). The summed E-state index contributed by atoms with van der Waals surface area (Å²) in [7, 11) is 0. The molecule has 3 N–H and O–H groups in total. The first-order chi connectivity index (χ1) is 14.0. The van der Waals surface area contributed by atoms with Crippen LogP contribution in [0.1, 0.15) is 12.5 Å². The Morgan fingerprint density at radius 2 is 2.07 bits per heavy atom. The SMILES string of the molecule is CC(=N)Nc1ccc(Cl)c(NC2=NC(=O)C(=Cc3ccc4ncccc4c3)S2)c1. The molecule has 1 aliphatic rings. The summed E-state index contributed by atoms with van der Waals surface area (Å²) in [5.74, 6) is 0.0151. The van der Waals surface area contributed by atoms with Gasteiger partial charge in [0.1, 0.15) is 0 Å². The normalized spacial score (nSPS) is 14.9. The number of hydrogen-bond acceptors (Lipinski definition) is 5. The third-order valence-electron chi connectivity index (χ3n) is 4.09. The van der Waals surface area contributed by atoms with E-state index in [1.807, 2.05) is 36.4 Å². The number of aliphatic imine (C=N–C) groups is 1. The summed E-state index contributed by atoms with van der Waals surface area (Å²) in [5.41, 5.74) is 3.14. The zero-order valence-corrected chi connectivity index (χ0v) is 16.9. The van der Waals surface area contributed by atoms with Crippen molar-refractivity contribution in [2.24, 2.45) is 4.99 Å². The Morgan fingerprint density at radius 1 is 1.21 bits per heavy atom. The molecule has 2 heterocycles. The number of thioether (sulfide) groups is 1. The fourth-order valence-electron chi connectivity index (χ4n) is 2.83. The highest BCUT2D eigenvalue weighted by Crippen LogP contribution is 2.32. The molecule has 0 spiro atoms. The second-order valence-electron chi connectivity index (χ2n) is 6.36. The van der Waals surface area contributed by atoms with Crippen molar-refractivity contribution in [2.75, 3.05) is 10.6 Å². The number of halogens is 1. The number of carbonyl (C=O) groups excluding carboxylic acids is 1. The molecule has 1 aliphatic heterocycles. The van der Waals surface area contributed by atoms with Crippen molar-refractivity contribution in [1.29, 1.82) is 5.41 Å². The molecule has 2 aromatic carbocycles. The molecule has 0 bridgehead atoms. The van der Waals surface area contributed by atoms with Crippen LogP contribution in [-0.2, 0) is 4.79 Å². The lowest BCUT2D eigenvalue weighted by molar-refractivity contribution is -0.113. The van der Waals surface area contributed by atoms with E-state index in [4.69, 9.17) is 17.0 Å². The van der Waals surface area contributed by atoms with E-state index >= 15 is 0 Å². The average Bonchev–Trinajstić information content (AvgIpc) is 3.03. The Kier molecular flexibility index (Phi) is 5.33. The Morgan fingerprint density at radius 3 is 2.90 bits per heavy atom. The number of nitrogens with one attached hydrogen (secondary N) is 3. The van der Waals surface area contributed by atoms with Gasteiger partial charge >= 0.3 is 0 Å². The number of nitrogens with zero attached hydrogens (tertiary/aromatic N) is 2. The first kappa shape index (κ1) is 19.2. The monoisotopic (exact) mass is 421 g/mol. The first-order valence-electron chi connectivity index (χ1n) is 8.74. The van der Waals surface area contributed by atoms with Crippen molar-refractivity contribution in [2.45, 2.75) is 6.92 Å². The van der Waals surface area contributed by atoms with Crippen LogP contribution in [0.3, 0.4) is 0 Å². The van der Waals surface area contributed by atoms with Gasteiger partial charge in [-0.15, -0.1) is 0 Å². The zero-order valence-electron chi connectivity index (χ0n) is 15.4. The van der Waals surface area contributed by atoms with Crippen molar-refractivity contribution in [3.8, 4) is 0 Å². The van der Waals surface area contributed by atoms with Gasteiger partial charge in [-0.05, 0) is 66.7 Å². The smallest absolute Gasteiger partial charge is 0.286 e. The summed E-state index contributed by atoms with van der Waals surface area (Å²) < 4.78 is 0. The molecule has 6 nitrogen and oxygen atoms in total.